The summed E-state index contributed by atoms with van der Waals surface area (Å²) in [6, 6.07) is 17.0. The van der Waals surface area contributed by atoms with Crippen molar-refractivity contribution >= 4 is 9.84 Å². The molecule has 4 nitrogen and oxygen atoms in total. The Morgan fingerprint density at radius 3 is 2.22 bits per heavy atom. The molecule has 142 valence electrons. The Bertz CT molecular complexity index is 943. The minimum Gasteiger partial charge on any atom is -0.380 e. The number of rotatable bonds is 7. The van der Waals surface area contributed by atoms with Crippen LogP contribution < -0.4 is 0 Å². The fourth-order valence-electron chi connectivity index (χ4n) is 3.78. The van der Waals surface area contributed by atoms with Gasteiger partial charge in [0.25, 0.3) is 0 Å². The second kappa shape index (κ2) is 7.46. The molecule has 0 bridgehead atoms. The van der Waals surface area contributed by atoms with Gasteiger partial charge < -0.3 is 4.74 Å². The molecule has 0 N–H and O–H groups in total. The van der Waals surface area contributed by atoms with E-state index in [0.29, 0.717) is 6.61 Å². The third-order valence-corrected chi connectivity index (χ3v) is 7.73. The Morgan fingerprint density at radius 2 is 1.70 bits per heavy atom. The smallest absolute Gasteiger partial charge is 0.183 e. The molecule has 0 aromatic heterocycles. The average molecular weight is 384 g/mol. The Kier molecular flexibility index (Phi) is 5.41. The Hall–Kier alpha value is -2.16. The molecule has 1 fully saturated rings. The van der Waals surface area contributed by atoms with Gasteiger partial charge in [0, 0.05) is 12.5 Å². The van der Waals surface area contributed by atoms with Gasteiger partial charge in [-0.3, -0.25) is 0 Å². The van der Waals surface area contributed by atoms with Crippen LogP contribution in [0.25, 0.3) is 0 Å². The summed E-state index contributed by atoms with van der Waals surface area (Å²) in [6.07, 6.45) is 0.915. The first-order valence-electron chi connectivity index (χ1n) is 9.29. The number of aryl methyl sites for hydroxylation is 2. The van der Waals surface area contributed by atoms with Crippen LogP contribution in [0.1, 0.15) is 36.5 Å². The molecule has 0 heterocycles. The molecule has 1 aliphatic carbocycles. The fourth-order valence-corrected chi connectivity index (χ4v) is 6.09. The highest BCUT2D eigenvalue weighted by atomic mass is 32.2. The zero-order chi connectivity index (χ0) is 19.7. The summed E-state index contributed by atoms with van der Waals surface area (Å²) >= 11 is 0. The molecule has 3 atom stereocenters. The number of hydrogen-bond acceptors (Lipinski definition) is 4. The lowest BCUT2D eigenvalue weighted by Gasteiger charge is -2.10. The first-order chi connectivity index (χ1) is 12.9. The molecular formula is C22H25NO3S. The zero-order valence-electron chi connectivity index (χ0n) is 16.0. The summed E-state index contributed by atoms with van der Waals surface area (Å²) in [7, 11) is -3.65. The van der Waals surface area contributed by atoms with Gasteiger partial charge in [-0.15, -0.1) is 0 Å². The van der Waals surface area contributed by atoms with Gasteiger partial charge in [0.2, 0.25) is 0 Å². The van der Waals surface area contributed by atoms with Crippen molar-refractivity contribution in [2.75, 3.05) is 13.2 Å². The summed E-state index contributed by atoms with van der Waals surface area (Å²) in [4.78, 5) is 0.266. The monoisotopic (exact) mass is 383 g/mol. The average Bonchev–Trinajstić information content (AvgIpc) is 3.37. The van der Waals surface area contributed by atoms with Gasteiger partial charge in [-0.2, -0.15) is 5.26 Å². The predicted octanol–water partition coefficient (Wildman–Crippen LogP) is 4.04. The Morgan fingerprint density at radius 1 is 1.07 bits per heavy atom. The third-order valence-electron chi connectivity index (χ3n) is 5.44. The van der Waals surface area contributed by atoms with Crippen molar-refractivity contribution in [1.29, 1.82) is 5.26 Å². The van der Waals surface area contributed by atoms with Gasteiger partial charge in [0.15, 0.2) is 9.84 Å². The quantitative estimate of drug-likeness (QED) is 0.723. The largest absolute Gasteiger partial charge is 0.380 e. The van der Waals surface area contributed by atoms with E-state index in [1.54, 1.807) is 24.3 Å². The summed E-state index contributed by atoms with van der Waals surface area (Å²) in [5.41, 5.74) is 2.02. The minimum atomic E-state index is -3.65. The lowest BCUT2D eigenvalue weighted by atomic mass is 10.00. The van der Waals surface area contributed by atoms with E-state index in [0.717, 1.165) is 17.5 Å². The summed E-state index contributed by atoms with van der Waals surface area (Å²) in [5, 5.41) is 9.15. The maximum Gasteiger partial charge on any atom is 0.183 e. The first kappa shape index (κ1) is 19.6. The van der Waals surface area contributed by atoms with Crippen molar-refractivity contribution in [1.82, 2.24) is 0 Å². The Labute approximate surface area is 161 Å². The minimum absolute atomic E-state index is 0.121. The number of sulfone groups is 1. The normalized spacial score (nSPS) is 24.4. The van der Waals surface area contributed by atoms with E-state index in [2.05, 4.69) is 13.0 Å². The molecule has 2 aromatic rings. The molecule has 5 heteroatoms. The molecule has 2 aromatic carbocycles. The fraction of sp³-hybridized carbons (Fsp3) is 0.409. The van der Waals surface area contributed by atoms with Gasteiger partial charge >= 0.3 is 0 Å². The van der Waals surface area contributed by atoms with Crippen molar-refractivity contribution < 1.29 is 13.2 Å². The second-order valence-corrected chi connectivity index (χ2v) is 9.21. The van der Waals surface area contributed by atoms with E-state index < -0.39 is 20.5 Å². The molecular weight excluding hydrogens is 358 g/mol. The summed E-state index contributed by atoms with van der Waals surface area (Å²) < 4.78 is 32.2. The van der Waals surface area contributed by atoms with Crippen molar-refractivity contribution in [3.05, 3.63) is 65.2 Å². The van der Waals surface area contributed by atoms with Crippen LogP contribution in [0.4, 0.5) is 0 Å². The molecule has 0 radical (unpaired) electrons. The van der Waals surface area contributed by atoms with Crippen molar-refractivity contribution in [2.45, 2.75) is 43.3 Å². The lowest BCUT2D eigenvalue weighted by Crippen LogP contribution is -2.19. The van der Waals surface area contributed by atoms with Crippen molar-refractivity contribution in [3.8, 4) is 6.07 Å². The molecule has 3 rings (SSSR count). The SMILES string of the molecule is CCOC[C@@]1(C#N)[C@@H](c2ccc(CC)cc2)[C@@H]1S(=O)(=O)c1ccc(C)cc1. The van der Waals surface area contributed by atoms with E-state index in [1.165, 1.54) is 5.56 Å². The van der Waals surface area contributed by atoms with E-state index in [1.807, 2.05) is 38.1 Å². The number of benzene rings is 2. The highest BCUT2D eigenvalue weighted by Gasteiger charge is 2.72. The standard InChI is InChI=1S/C22H25NO3S/c1-4-17-8-10-18(11-9-17)20-21(22(20,14-23)15-26-5-2)27(24,25)19-12-6-16(3)7-13-19/h6-13,20-21H,4-5,15H2,1-3H3/t20-,21-,22-/m0/s1. The topological polar surface area (TPSA) is 67.2 Å². The number of hydrogen-bond donors (Lipinski definition) is 0. The van der Waals surface area contributed by atoms with Gasteiger partial charge in [0.1, 0.15) is 5.41 Å². The van der Waals surface area contributed by atoms with E-state index in [-0.39, 0.29) is 17.4 Å². The number of nitriles is 1. The highest BCUT2D eigenvalue weighted by molar-refractivity contribution is 7.92. The number of ether oxygens (including phenoxy) is 1. The van der Waals surface area contributed by atoms with Gasteiger partial charge in [-0.1, -0.05) is 48.9 Å². The molecule has 0 saturated heterocycles. The Balaban J connectivity index is 2.04. The van der Waals surface area contributed by atoms with Crippen molar-refractivity contribution in [2.24, 2.45) is 5.41 Å². The maximum absolute atomic E-state index is 13.3. The van der Waals surface area contributed by atoms with Gasteiger partial charge in [-0.05, 0) is 43.5 Å². The molecule has 1 aliphatic rings. The highest BCUT2D eigenvalue weighted by Crippen LogP contribution is 2.63. The number of nitrogens with zero attached hydrogens (tertiary/aromatic N) is 1. The van der Waals surface area contributed by atoms with Crippen LogP contribution in [-0.2, 0) is 21.0 Å². The van der Waals surface area contributed by atoms with Crippen LogP contribution in [0.3, 0.4) is 0 Å². The van der Waals surface area contributed by atoms with Crippen LogP contribution in [0.5, 0.6) is 0 Å². The molecule has 0 spiro atoms. The van der Waals surface area contributed by atoms with Crippen LogP contribution in [0.2, 0.25) is 0 Å². The molecule has 0 aliphatic heterocycles. The van der Waals surface area contributed by atoms with Crippen LogP contribution in [0.15, 0.2) is 53.4 Å². The van der Waals surface area contributed by atoms with Crippen LogP contribution in [0, 0.1) is 23.7 Å². The van der Waals surface area contributed by atoms with Gasteiger partial charge in [0.05, 0.1) is 22.8 Å². The van der Waals surface area contributed by atoms with Crippen LogP contribution in [-0.4, -0.2) is 26.9 Å². The summed E-state index contributed by atoms with van der Waals surface area (Å²) in [6.45, 7) is 6.41. The zero-order valence-corrected chi connectivity index (χ0v) is 16.8. The van der Waals surface area contributed by atoms with Crippen LogP contribution >= 0.6 is 0 Å². The van der Waals surface area contributed by atoms with E-state index in [4.69, 9.17) is 4.74 Å². The predicted molar refractivity (Wildman–Crippen MR) is 105 cm³/mol. The molecule has 0 amide bonds. The van der Waals surface area contributed by atoms with Gasteiger partial charge in [-0.25, -0.2) is 8.42 Å². The maximum atomic E-state index is 13.3. The molecule has 1 saturated carbocycles. The lowest BCUT2D eigenvalue weighted by molar-refractivity contribution is 0.117. The summed E-state index contributed by atoms with van der Waals surface area (Å²) in [5.74, 6) is -0.383. The molecule has 0 unspecified atom stereocenters. The third kappa shape index (κ3) is 3.40. The van der Waals surface area contributed by atoms with E-state index in [9.17, 15) is 13.7 Å². The van der Waals surface area contributed by atoms with Crippen molar-refractivity contribution in [3.63, 3.8) is 0 Å². The second-order valence-electron chi connectivity index (χ2n) is 7.14. The van der Waals surface area contributed by atoms with E-state index >= 15 is 0 Å². The molecule has 27 heavy (non-hydrogen) atoms. The first-order valence-corrected chi connectivity index (χ1v) is 10.8.